The average molecular weight is 887 g/mol. The molecule has 2 aliphatic heterocycles. The Hall–Kier alpha value is -7.36. The zero-order valence-electron chi connectivity index (χ0n) is 32.3. The molecule has 4 aromatic carbocycles. The summed E-state index contributed by atoms with van der Waals surface area (Å²) >= 11 is 0. The van der Waals surface area contributed by atoms with Gasteiger partial charge in [-0.1, -0.05) is 121 Å². The fraction of sp³-hybridized carbons (Fsp3) is 0.0833. The number of aromatic amines is 2. The van der Waals surface area contributed by atoms with Gasteiger partial charge in [-0.05, 0) is 46.5 Å². The maximum Gasteiger partial charge on any atom is 0.419 e. The number of nitrogens with zero attached hydrogens (tertiary/aromatic N) is 2. The fourth-order valence-corrected chi connectivity index (χ4v) is 8.22. The highest BCUT2D eigenvalue weighted by molar-refractivity contribution is 6.10. The largest absolute Gasteiger partial charge is 0.419 e. The summed E-state index contributed by atoms with van der Waals surface area (Å²) in [4.78, 5) is 14.0. The lowest BCUT2D eigenvalue weighted by Gasteiger charge is -2.17. The zero-order chi connectivity index (χ0) is 45.3. The molecule has 4 nitrogen and oxygen atoms in total. The van der Waals surface area contributed by atoms with Gasteiger partial charge in [0.25, 0.3) is 0 Å². The Morgan fingerprint density at radius 3 is 0.625 bits per heavy atom. The topological polar surface area (TPSA) is 57.4 Å². The van der Waals surface area contributed by atoms with E-state index in [4.69, 9.17) is 0 Å². The number of fused-ring (bicyclic) bond motifs is 8. The van der Waals surface area contributed by atoms with Gasteiger partial charge in [0.2, 0.25) is 0 Å². The monoisotopic (exact) mass is 886 g/mol. The molecule has 0 aliphatic carbocycles. The Kier molecular flexibility index (Phi) is 9.95. The maximum atomic E-state index is 15.6. The van der Waals surface area contributed by atoms with Gasteiger partial charge < -0.3 is 9.97 Å². The molecule has 7 aromatic rings. The first-order valence-corrected chi connectivity index (χ1v) is 19.1. The number of rotatable bonds is 4. The molecule has 0 saturated carbocycles. The van der Waals surface area contributed by atoms with E-state index >= 15 is 52.7 Å². The van der Waals surface area contributed by atoms with E-state index in [9.17, 15) is 0 Å². The minimum absolute atomic E-state index is 0.0869. The molecule has 0 spiro atoms. The third kappa shape index (κ3) is 7.31. The highest BCUT2D eigenvalue weighted by Gasteiger charge is 2.54. The summed E-state index contributed by atoms with van der Waals surface area (Å²) in [6, 6.07) is 32.1. The number of allylic oxidation sites excluding steroid dienone is 4. The molecule has 9 rings (SSSR count). The molecular weight excluding hydrogens is 861 g/mol. The molecule has 0 radical (unpaired) electrons. The van der Waals surface area contributed by atoms with E-state index in [1.165, 1.54) is 121 Å². The molecule has 0 amide bonds. The molecule has 2 N–H and O–H groups in total. The number of nitrogens with one attached hydrogen (secondary N) is 2. The molecule has 0 unspecified atom stereocenters. The Morgan fingerprint density at radius 1 is 0.266 bits per heavy atom. The van der Waals surface area contributed by atoms with Gasteiger partial charge in [0.1, 0.15) is 0 Å². The normalized spacial score (nSPS) is 13.8. The van der Waals surface area contributed by atoms with Gasteiger partial charge in [-0.15, -0.1) is 0 Å². The number of halogens is 12. The lowest BCUT2D eigenvalue weighted by molar-refractivity contribution is -0.0822. The molecule has 64 heavy (non-hydrogen) atoms. The van der Waals surface area contributed by atoms with Crippen molar-refractivity contribution >= 4 is 44.4 Å². The third-order valence-corrected chi connectivity index (χ3v) is 10.7. The fourth-order valence-electron chi connectivity index (χ4n) is 8.22. The number of hydrogen-bond acceptors (Lipinski definition) is 2. The molecular formula is C48H26F12N4. The van der Waals surface area contributed by atoms with E-state index in [0.717, 1.165) is 24.3 Å². The van der Waals surface area contributed by atoms with Crippen LogP contribution in [0.25, 0.3) is 88.9 Å². The Balaban J connectivity index is 1.65. The molecule has 2 aliphatic rings. The van der Waals surface area contributed by atoms with Crippen LogP contribution in [0.1, 0.15) is 22.8 Å². The summed E-state index contributed by atoms with van der Waals surface area (Å²) in [7, 11) is 0. The van der Waals surface area contributed by atoms with Crippen molar-refractivity contribution < 1.29 is 52.7 Å². The summed E-state index contributed by atoms with van der Waals surface area (Å²) in [5.74, 6) is 0. The molecule has 5 heterocycles. The first kappa shape index (κ1) is 42.0. The van der Waals surface area contributed by atoms with E-state index < -0.39 is 92.0 Å². The maximum absolute atomic E-state index is 15.6. The number of H-pyrrole nitrogens is 2. The first-order chi connectivity index (χ1) is 30.3. The van der Waals surface area contributed by atoms with Crippen LogP contribution in [0, 0.1) is 0 Å². The smallest absolute Gasteiger partial charge is 0.354 e. The predicted octanol–water partition coefficient (Wildman–Crippen LogP) is 15.1. The van der Waals surface area contributed by atoms with Gasteiger partial charge in [0, 0.05) is 44.3 Å². The Morgan fingerprint density at radius 2 is 0.453 bits per heavy atom. The van der Waals surface area contributed by atoms with Crippen LogP contribution in [0.3, 0.4) is 0 Å². The van der Waals surface area contributed by atoms with E-state index in [0.29, 0.717) is 0 Å². The molecule has 322 valence electrons. The molecule has 16 heteroatoms. The highest BCUT2D eigenvalue weighted by atomic mass is 19.4. The lowest BCUT2D eigenvalue weighted by atomic mass is 9.94. The molecule has 0 atom stereocenters. The highest BCUT2D eigenvalue weighted by Crippen LogP contribution is 2.55. The van der Waals surface area contributed by atoms with Gasteiger partial charge in [0.05, 0.1) is 45.1 Å². The van der Waals surface area contributed by atoms with E-state index in [-0.39, 0.29) is 44.3 Å². The van der Waals surface area contributed by atoms with Gasteiger partial charge in [-0.2, -0.15) is 52.7 Å². The van der Waals surface area contributed by atoms with Crippen molar-refractivity contribution in [1.82, 2.24) is 19.9 Å². The van der Waals surface area contributed by atoms with Crippen LogP contribution in [0.4, 0.5) is 52.7 Å². The SMILES string of the molecule is FC(F)(F)C1=C(C(F)(F)F)c2nc1c(-c1ccccc1)c1ccc([nH]1)c(-c1ccccc1)c1nc(c(-c3ccccc3)c3ccc([nH]3)c2-c2ccccc2)C(C(F)(F)F)=C1C(F)(F)F. The summed E-state index contributed by atoms with van der Waals surface area (Å²) < 4.78 is 187. The van der Waals surface area contributed by atoms with Crippen LogP contribution < -0.4 is 0 Å². The van der Waals surface area contributed by atoms with Gasteiger partial charge in [-0.25, -0.2) is 9.97 Å². The van der Waals surface area contributed by atoms with E-state index in [2.05, 4.69) is 19.9 Å². The quantitative estimate of drug-likeness (QED) is 0.173. The van der Waals surface area contributed by atoms with Crippen LogP contribution in [0.2, 0.25) is 0 Å². The summed E-state index contributed by atoms with van der Waals surface area (Å²) in [6.07, 6.45) is -22.9. The van der Waals surface area contributed by atoms with E-state index in [1.807, 2.05) is 0 Å². The lowest BCUT2D eigenvalue weighted by Crippen LogP contribution is -2.18. The van der Waals surface area contributed by atoms with Crippen LogP contribution in [-0.2, 0) is 0 Å². The van der Waals surface area contributed by atoms with Gasteiger partial charge >= 0.3 is 24.7 Å². The minimum Gasteiger partial charge on any atom is -0.354 e. The number of benzene rings is 4. The van der Waals surface area contributed by atoms with Crippen molar-refractivity contribution in [3.05, 3.63) is 168 Å². The van der Waals surface area contributed by atoms with Crippen LogP contribution in [0.15, 0.2) is 146 Å². The molecule has 3 aromatic heterocycles. The third-order valence-electron chi connectivity index (χ3n) is 10.7. The second-order valence-corrected chi connectivity index (χ2v) is 14.6. The summed E-state index contributed by atoms with van der Waals surface area (Å²) in [5.41, 5.74) is -17.2. The van der Waals surface area contributed by atoms with Crippen LogP contribution in [0.5, 0.6) is 0 Å². The van der Waals surface area contributed by atoms with Gasteiger partial charge in [0.15, 0.2) is 0 Å². The first-order valence-electron chi connectivity index (χ1n) is 19.1. The molecule has 8 bridgehead atoms. The van der Waals surface area contributed by atoms with Crippen molar-refractivity contribution in [3.8, 4) is 44.5 Å². The number of alkyl halides is 12. The van der Waals surface area contributed by atoms with Crippen molar-refractivity contribution in [2.75, 3.05) is 0 Å². The van der Waals surface area contributed by atoms with Crippen molar-refractivity contribution in [1.29, 1.82) is 0 Å². The second kappa shape index (κ2) is 15.2. The van der Waals surface area contributed by atoms with Crippen molar-refractivity contribution in [3.63, 3.8) is 0 Å². The Labute approximate surface area is 353 Å². The van der Waals surface area contributed by atoms with Gasteiger partial charge in [-0.3, -0.25) is 0 Å². The Bertz CT molecular complexity index is 2750. The molecule has 0 saturated heterocycles. The number of hydrogen-bond donors (Lipinski definition) is 2. The standard InChI is InChI=1S/C48H26F12N4/c49-45(50,51)37-38(46(52,53)54)42-35(27-17-9-3-10-18-27)31-23-24-32(62-31)36(28-19-11-4-12-20-28)44-40(48(58,59)60)39(47(55,56)57)43(64-44)34(26-15-7-2-8-16-26)30-22-21-29(61-30)33(41(37)63-42)25-13-5-1-6-14-25/h1-24,61-62H. The summed E-state index contributed by atoms with van der Waals surface area (Å²) in [6.45, 7) is 0. The van der Waals surface area contributed by atoms with E-state index in [1.54, 1.807) is 0 Å². The minimum atomic E-state index is -5.72. The van der Waals surface area contributed by atoms with Crippen molar-refractivity contribution in [2.45, 2.75) is 24.7 Å². The predicted molar refractivity (Wildman–Crippen MR) is 221 cm³/mol. The van der Waals surface area contributed by atoms with Crippen LogP contribution >= 0.6 is 0 Å². The second-order valence-electron chi connectivity index (χ2n) is 14.6. The number of aromatic nitrogens is 4. The van der Waals surface area contributed by atoms with Crippen molar-refractivity contribution in [2.24, 2.45) is 0 Å². The average Bonchev–Trinajstić information content (AvgIpc) is 4.06. The zero-order valence-corrected chi connectivity index (χ0v) is 32.3. The summed E-state index contributed by atoms with van der Waals surface area (Å²) in [5, 5.41) is 0. The molecule has 0 fully saturated rings. The van der Waals surface area contributed by atoms with Crippen LogP contribution in [-0.4, -0.2) is 44.6 Å².